The van der Waals surface area contributed by atoms with Crippen LogP contribution in [-0.4, -0.2) is 75.1 Å². The standard InChI is InChI=1S/C10H21Cl4N2O3P/c11-2-5-15(6-3-12)20(18,19)16(7-4-13)9-10(14)1-8-17/h10,17H,1-9H2,(H,18,19). The smallest absolute Gasteiger partial charge is 0.343 e. The zero-order chi connectivity index (χ0) is 15.6. The van der Waals surface area contributed by atoms with Crippen LogP contribution in [0.4, 0.5) is 0 Å². The van der Waals surface area contributed by atoms with Crippen LogP contribution in [0.2, 0.25) is 0 Å². The van der Waals surface area contributed by atoms with Gasteiger partial charge in [-0.3, -0.25) is 4.57 Å². The highest BCUT2D eigenvalue weighted by Gasteiger charge is 2.35. The topological polar surface area (TPSA) is 64.0 Å². The van der Waals surface area contributed by atoms with Crippen LogP contribution in [0.15, 0.2) is 0 Å². The first-order chi connectivity index (χ1) is 9.43. The number of alkyl halides is 4. The Hall–Kier alpha value is 1.23. The van der Waals surface area contributed by atoms with Crippen molar-refractivity contribution in [3.63, 3.8) is 0 Å². The second-order valence-electron chi connectivity index (χ2n) is 4.06. The van der Waals surface area contributed by atoms with Crippen LogP contribution < -0.4 is 0 Å². The molecule has 0 bridgehead atoms. The fourth-order valence-electron chi connectivity index (χ4n) is 1.63. The zero-order valence-electron chi connectivity index (χ0n) is 11.1. The minimum Gasteiger partial charge on any atom is -0.396 e. The largest absolute Gasteiger partial charge is 0.396 e. The number of halogens is 4. The summed E-state index contributed by atoms with van der Waals surface area (Å²) in [6, 6.07) is 0. The van der Waals surface area contributed by atoms with E-state index in [1.54, 1.807) is 0 Å². The third-order valence-electron chi connectivity index (χ3n) is 2.62. The molecule has 0 saturated heterocycles. The number of nitrogens with zero attached hydrogens (tertiary/aromatic N) is 2. The third-order valence-corrected chi connectivity index (χ3v) is 5.72. The highest BCUT2D eigenvalue weighted by atomic mass is 35.5. The average molecular weight is 390 g/mol. The molecule has 0 aliphatic carbocycles. The lowest BCUT2D eigenvalue weighted by Gasteiger charge is -2.35. The Morgan fingerprint density at radius 2 is 1.45 bits per heavy atom. The fourth-order valence-corrected chi connectivity index (χ4v) is 4.81. The first-order valence-electron chi connectivity index (χ1n) is 6.20. The van der Waals surface area contributed by atoms with Crippen LogP contribution in [0.1, 0.15) is 6.42 Å². The molecule has 2 N–H and O–H groups in total. The summed E-state index contributed by atoms with van der Waals surface area (Å²) in [5.74, 6) is 0.636. The predicted molar refractivity (Wildman–Crippen MR) is 86.5 cm³/mol. The molecule has 20 heavy (non-hydrogen) atoms. The van der Waals surface area contributed by atoms with E-state index in [0.29, 0.717) is 6.42 Å². The van der Waals surface area contributed by atoms with Gasteiger partial charge in [0.25, 0.3) is 0 Å². The van der Waals surface area contributed by atoms with Crippen molar-refractivity contribution in [3.05, 3.63) is 0 Å². The van der Waals surface area contributed by atoms with Gasteiger partial charge in [-0.05, 0) is 6.42 Å². The molecule has 10 heteroatoms. The molecule has 0 spiro atoms. The van der Waals surface area contributed by atoms with E-state index in [9.17, 15) is 9.46 Å². The Labute approximate surface area is 140 Å². The van der Waals surface area contributed by atoms with Crippen LogP contribution >= 0.6 is 54.1 Å². The number of aliphatic hydroxyl groups is 1. The SMILES string of the molecule is O=P(O)(N(CCCl)CCCl)N(CCCl)CC(Cl)CCO. The Morgan fingerprint density at radius 3 is 1.85 bits per heavy atom. The van der Waals surface area contributed by atoms with E-state index in [2.05, 4.69) is 0 Å². The summed E-state index contributed by atoms with van der Waals surface area (Å²) in [6.45, 7) is 0.780. The van der Waals surface area contributed by atoms with Gasteiger partial charge in [0.15, 0.2) is 0 Å². The highest BCUT2D eigenvalue weighted by Crippen LogP contribution is 2.49. The van der Waals surface area contributed by atoms with E-state index >= 15 is 0 Å². The molecule has 0 aliphatic heterocycles. The van der Waals surface area contributed by atoms with Gasteiger partial charge in [-0.25, -0.2) is 9.34 Å². The maximum Gasteiger partial charge on any atom is 0.343 e. The second kappa shape index (κ2) is 11.8. The van der Waals surface area contributed by atoms with Gasteiger partial charge in [0.2, 0.25) is 0 Å². The molecule has 122 valence electrons. The lowest BCUT2D eigenvalue weighted by atomic mass is 10.3. The van der Waals surface area contributed by atoms with Gasteiger partial charge in [-0.2, -0.15) is 0 Å². The molecule has 0 saturated carbocycles. The molecule has 2 unspecified atom stereocenters. The number of rotatable bonds is 12. The van der Waals surface area contributed by atoms with E-state index in [1.807, 2.05) is 0 Å². The third kappa shape index (κ3) is 7.48. The van der Waals surface area contributed by atoms with E-state index < -0.39 is 13.0 Å². The average Bonchev–Trinajstić information content (AvgIpc) is 2.38. The van der Waals surface area contributed by atoms with Crippen molar-refractivity contribution in [1.82, 2.24) is 9.34 Å². The summed E-state index contributed by atoms with van der Waals surface area (Å²) in [5.41, 5.74) is 0. The molecule has 0 aromatic carbocycles. The van der Waals surface area contributed by atoms with Gasteiger partial charge >= 0.3 is 7.67 Å². The Balaban J connectivity index is 4.94. The normalized spacial score (nSPS) is 16.6. The quantitative estimate of drug-likeness (QED) is 0.396. The number of hydrogen-bond acceptors (Lipinski definition) is 2. The molecule has 0 heterocycles. The molecule has 0 aliphatic rings. The van der Waals surface area contributed by atoms with Gasteiger partial charge in [-0.15, -0.1) is 46.4 Å². The summed E-state index contributed by atoms with van der Waals surface area (Å²) < 4.78 is 15.3. The van der Waals surface area contributed by atoms with Crippen LogP contribution in [-0.2, 0) is 4.57 Å². The van der Waals surface area contributed by atoms with Crippen molar-refractivity contribution in [2.45, 2.75) is 11.8 Å². The van der Waals surface area contributed by atoms with Crippen molar-refractivity contribution in [3.8, 4) is 0 Å². The number of aliphatic hydroxyl groups excluding tert-OH is 1. The lowest BCUT2D eigenvalue weighted by molar-refractivity contribution is 0.259. The van der Waals surface area contributed by atoms with Crippen LogP contribution in [0.5, 0.6) is 0 Å². The van der Waals surface area contributed by atoms with Gasteiger partial charge in [0, 0.05) is 55.8 Å². The maximum absolute atomic E-state index is 12.6. The van der Waals surface area contributed by atoms with Crippen molar-refractivity contribution in [1.29, 1.82) is 0 Å². The van der Waals surface area contributed by atoms with Gasteiger partial charge in [0.1, 0.15) is 0 Å². The van der Waals surface area contributed by atoms with Crippen molar-refractivity contribution in [2.75, 3.05) is 50.4 Å². The fraction of sp³-hybridized carbons (Fsp3) is 1.00. The first-order valence-corrected chi connectivity index (χ1v) is 9.81. The van der Waals surface area contributed by atoms with E-state index in [-0.39, 0.29) is 50.4 Å². The molecule has 0 fully saturated rings. The number of hydrogen-bond donors (Lipinski definition) is 2. The Kier molecular flexibility index (Phi) is 12.5. The Bertz CT molecular complexity index is 296. The van der Waals surface area contributed by atoms with Gasteiger partial charge < -0.3 is 10.00 Å². The molecular formula is C10H21Cl4N2O3P. The van der Waals surface area contributed by atoms with Crippen molar-refractivity contribution < 1.29 is 14.6 Å². The lowest BCUT2D eigenvalue weighted by Crippen LogP contribution is -2.38. The molecule has 0 rings (SSSR count). The highest BCUT2D eigenvalue weighted by molar-refractivity contribution is 7.52. The molecule has 2 atom stereocenters. The van der Waals surface area contributed by atoms with Crippen LogP contribution in [0.3, 0.4) is 0 Å². The molecular weight excluding hydrogens is 369 g/mol. The summed E-state index contributed by atoms with van der Waals surface area (Å²) in [7, 11) is -3.79. The van der Waals surface area contributed by atoms with E-state index in [1.165, 1.54) is 9.34 Å². The molecule has 5 nitrogen and oxygen atoms in total. The Morgan fingerprint density at radius 1 is 1.00 bits per heavy atom. The summed E-state index contributed by atoms with van der Waals surface area (Å²) >= 11 is 23.0. The molecule has 0 aromatic heterocycles. The van der Waals surface area contributed by atoms with Crippen molar-refractivity contribution in [2.24, 2.45) is 0 Å². The van der Waals surface area contributed by atoms with E-state index in [4.69, 9.17) is 51.5 Å². The van der Waals surface area contributed by atoms with Crippen molar-refractivity contribution >= 4 is 54.1 Å². The van der Waals surface area contributed by atoms with Gasteiger partial charge in [-0.1, -0.05) is 0 Å². The van der Waals surface area contributed by atoms with E-state index in [0.717, 1.165) is 0 Å². The summed E-state index contributed by atoms with van der Waals surface area (Å²) in [5, 5.41) is 8.42. The molecule has 0 radical (unpaired) electrons. The summed E-state index contributed by atoms with van der Waals surface area (Å²) in [4.78, 5) is 10.4. The minimum atomic E-state index is -3.79. The van der Waals surface area contributed by atoms with Gasteiger partial charge in [0.05, 0.1) is 0 Å². The molecule has 0 amide bonds. The molecule has 0 aromatic rings. The zero-order valence-corrected chi connectivity index (χ0v) is 15.0. The monoisotopic (exact) mass is 388 g/mol. The first kappa shape index (κ1) is 21.2. The second-order valence-corrected chi connectivity index (χ2v) is 7.97. The van der Waals surface area contributed by atoms with Crippen LogP contribution in [0.25, 0.3) is 0 Å². The predicted octanol–water partition coefficient (Wildman–Crippen LogP) is 2.40. The summed E-state index contributed by atoms with van der Waals surface area (Å²) in [6.07, 6.45) is 0.339. The maximum atomic E-state index is 12.6. The minimum absolute atomic E-state index is 0.0777. The van der Waals surface area contributed by atoms with Crippen LogP contribution in [0, 0.1) is 0 Å².